The Kier molecular flexibility index (Phi) is 6.11. The van der Waals surface area contributed by atoms with E-state index in [2.05, 4.69) is 5.32 Å². The Morgan fingerprint density at radius 2 is 2.09 bits per heavy atom. The number of carbonyl (C=O) groups is 1. The minimum Gasteiger partial charge on any atom is -0.494 e. The molecule has 1 amide bonds. The molecule has 0 spiro atoms. The van der Waals surface area contributed by atoms with Gasteiger partial charge in [-0.15, -0.1) is 0 Å². The molecule has 2 rings (SSSR count). The third-order valence-corrected chi connectivity index (χ3v) is 3.94. The van der Waals surface area contributed by atoms with Gasteiger partial charge in [-0.2, -0.15) is 0 Å². The second kappa shape index (κ2) is 8.06. The molecule has 1 aromatic heterocycles. The first-order valence-corrected chi connectivity index (χ1v) is 8.08. The quantitative estimate of drug-likeness (QED) is 0.753. The van der Waals surface area contributed by atoms with Crippen molar-refractivity contribution in [1.29, 1.82) is 0 Å². The molecule has 0 aliphatic carbocycles. The van der Waals surface area contributed by atoms with Crippen LogP contribution in [0.5, 0.6) is 5.75 Å². The summed E-state index contributed by atoms with van der Waals surface area (Å²) in [5.41, 5.74) is 0.976. The lowest BCUT2D eigenvalue weighted by Gasteiger charge is -2.12. The molecule has 0 saturated carbocycles. The van der Waals surface area contributed by atoms with E-state index >= 15 is 0 Å². The Labute approximate surface area is 141 Å². The van der Waals surface area contributed by atoms with E-state index in [1.54, 1.807) is 0 Å². The van der Waals surface area contributed by atoms with Crippen molar-refractivity contribution in [2.75, 3.05) is 6.61 Å². The summed E-state index contributed by atoms with van der Waals surface area (Å²) in [5.74, 6) is 2.37. The lowest BCUT2D eigenvalue weighted by Crippen LogP contribution is -2.26. The molecule has 0 bridgehead atoms. The van der Waals surface area contributed by atoms with E-state index in [1.165, 1.54) is 0 Å². The number of nitrogens with one attached hydrogen (secondary N) is 1. The Hall–Kier alpha value is -1.94. The van der Waals surface area contributed by atoms with Gasteiger partial charge in [0.25, 0.3) is 0 Å². The maximum absolute atomic E-state index is 11.9. The number of benzene rings is 1. The van der Waals surface area contributed by atoms with Gasteiger partial charge in [0.1, 0.15) is 17.3 Å². The number of amides is 1. The first-order chi connectivity index (χ1) is 11.0. The van der Waals surface area contributed by atoms with Crippen LogP contribution in [-0.2, 0) is 4.79 Å². The fourth-order valence-corrected chi connectivity index (χ4v) is 2.32. The molecule has 0 radical (unpaired) electrons. The lowest BCUT2D eigenvalue weighted by molar-refractivity contribution is -0.122. The van der Waals surface area contributed by atoms with Crippen LogP contribution in [0.3, 0.4) is 0 Å². The van der Waals surface area contributed by atoms with Crippen molar-refractivity contribution in [2.45, 2.75) is 39.7 Å². The highest BCUT2D eigenvalue weighted by molar-refractivity contribution is 6.31. The minimum absolute atomic E-state index is 0.0116. The van der Waals surface area contributed by atoms with Crippen LogP contribution < -0.4 is 10.1 Å². The average Bonchev–Trinajstić information content (AvgIpc) is 2.94. The predicted octanol–water partition coefficient (Wildman–Crippen LogP) is 4.59. The van der Waals surface area contributed by atoms with Crippen LogP contribution in [0.15, 0.2) is 34.7 Å². The van der Waals surface area contributed by atoms with Gasteiger partial charge in [0, 0.05) is 11.4 Å². The van der Waals surface area contributed by atoms with Crippen LogP contribution >= 0.6 is 11.6 Å². The molecule has 4 nitrogen and oxygen atoms in total. The van der Waals surface area contributed by atoms with Gasteiger partial charge < -0.3 is 14.5 Å². The molecule has 0 fully saturated rings. The van der Waals surface area contributed by atoms with Gasteiger partial charge in [0.2, 0.25) is 5.91 Å². The SMILES string of the molecule is Cc1ccc(C(C)NC(=O)CCCOc2ccc(Cl)c(C)c2)o1. The largest absolute Gasteiger partial charge is 0.494 e. The number of hydrogen-bond acceptors (Lipinski definition) is 3. The van der Waals surface area contributed by atoms with Crippen LogP contribution in [0.4, 0.5) is 0 Å². The van der Waals surface area contributed by atoms with E-state index in [1.807, 2.05) is 51.1 Å². The summed E-state index contributed by atoms with van der Waals surface area (Å²) in [5, 5.41) is 3.64. The second-order valence-corrected chi connectivity index (χ2v) is 6.01. The fourth-order valence-electron chi connectivity index (χ4n) is 2.20. The van der Waals surface area contributed by atoms with E-state index in [0.717, 1.165) is 27.9 Å². The molecular formula is C18H22ClNO3. The number of ether oxygens (including phenoxy) is 1. The zero-order chi connectivity index (χ0) is 16.8. The topological polar surface area (TPSA) is 51.5 Å². The summed E-state index contributed by atoms with van der Waals surface area (Å²) in [4.78, 5) is 11.9. The molecule has 0 saturated heterocycles. The molecule has 5 heteroatoms. The number of aryl methyl sites for hydroxylation is 2. The van der Waals surface area contributed by atoms with Crippen molar-refractivity contribution in [2.24, 2.45) is 0 Å². The van der Waals surface area contributed by atoms with Crippen LogP contribution in [0.1, 0.15) is 42.9 Å². The molecule has 124 valence electrons. The summed E-state index contributed by atoms with van der Waals surface area (Å²) in [6.45, 7) is 6.21. The number of halogens is 1. The maximum atomic E-state index is 11.9. The van der Waals surface area contributed by atoms with Gasteiger partial charge in [-0.25, -0.2) is 0 Å². The molecule has 0 aliphatic heterocycles. The van der Waals surface area contributed by atoms with E-state index in [0.29, 0.717) is 19.4 Å². The lowest BCUT2D eigenvalue weighted by atomic mass is 10.2. The van der Waals surface area contributed by atoms with Crippen molar-refractivity contribution in [3.8, 4) is 5.75 Å². The van der Waals surface area contributed by atoms with Crippen molar-refractivity contribution in [1.82, 2.24) is 5.32 Å². The van der Waals surface area contributed by atoms with Gasteiger partial charge in [-0.3, -0.25) is 4.79 Å². The molecule has 1 atom stereocenters. The van der Waals surface area contributed by atoms with E-state index in [9.17, 15) is 4.79 Å². The standard InChI is InChI=1S/C18H22ClNO3/c1-12-11-15(7-8-16(12)19)22-10-4-5-18(21)20-14(3)17-9-6-13(2)23-17/h6-9,11,14H,4-5,10H2,1-3H3,(H,20,21). The molecule has 1 heterocycles. The van der Waals surface area contributed by atoms with Crippen molar-refractivity contribution >= 4 is 17.5 Å². The smallest absolute Gasteiger partial charge is 0.220 e. The van der Waals surface area contributed by atoms with Crippen LogP contribution in [0.25, 0.3) is 0 Å². The molecule has 1 unspecified atom stereocenters. The molecule has 2 aromatic rings. The average molecular weight is 336 g/mol. The zero-order valence-corrected chi connectivity index (χ0v) is 14.4. The van der Waals surface area contributed by atoms with E-state index in [-0.39, 0.29) is 11.9 Å². The summed E-state index contributed by atoms with van der Waals surface area (Å²) in [7, 11) is 0. The third kappa shape index (κ3) is 5.32. The van der Waals surface area contributed by atoms with E-state index in [4.69, 9.17) is 20.8 Å². The van der Waals surface area contributed by atoms with Gasteiger partial charge >= 0.3 is 0 Å². The van der Waals surface area contributed by atoms with Gasteiger partial charge in [-0.05, 0) is 63.1 Å². The van der Waals surface area contributed by atoms with Crippen LogP contribution in [0, 0.1) is 13.8 Å². The normalized spacial score (nSPS) is 12.0. The van der Waals surface area contributed by atoms with Gasteiger partial charge in [-0.1, -0.05) is 11.6 Å². The van der Waals surface area contributed by atoms with Gasteiger partial charge in [0.15, 0.2) is 0 Å². The van der Waals surface area contributed by atoms with Crippen LogP contribution in [-0.4, -0.2) is 12.5 Å². The highest BCUT2D eigenvalue weighted by Crippen LogP contribution is 2.21. The molecule has 1 N–H and O–H groups in total. The number of furan rings is 1. The number of rotatable bonds is 7. The zero-order valence-electron chi connectivity index (χ0n) is 13.7. The van der Waals surface area contributed by atoms with Crippen molar-refractivity contribution < 1.29 is 13.9 Å². The Bertz CT molecular complexity index is 666. The Morgan fingerprint density at radius 3 is 2.74 bits per heavy atom. The summed E-state index contributed by atoms with van der Waals surface area (Å²) >= 11 is 5.97. The fraction of sp³-hybridized carbons (Fsp3) is 0.389. The van der Waals surface area contributed by atoms with E-state index < -0.39 is 0 Å². The molecule has 0 aliphatic rings. The second-order valence-electron chi connectivity index (χ2n) is 5.60. The third-order valence-electron chi connectivity index (χ3n) is 3.51. The molecule has 1 aromatic carbocycles. The highest BCUT2D eigenvalue weighted by atomic mass is 35.5. The minimum atomic E-state index is -0.129. The molecule has 23 heavy (non-hydrogen) atoms. The first-order valence-electron chi connectivity index (χ1n) is 7.70. The predicted molar refractivity (Wildman–Crippen MR) is 90.9 cm³/mol. The first kappa shape index (κ1) is 17.4. The summed E-state index contributed by atoms with van der Waals surface area (Å²) in [6.07, 6.45) is 1.06. The highest BCUT2D eigenvalue weighted by Gasteiger charge is 2.12. The molecular weight excluding hydrogens is 314 g/mol. The maximum Gasteiger partial charge on any atom is 0.220 e. The summed E-state index contributed by atoms with van der Waals surface area (Å²) < 4.78 is 11.1. The number of carbonyl (C=O) groups excluding carboxylic acids is 1. The van der Waals surface area contributed by atoms with Crippen molar-refractivity contribution in [3.63, 3.8) is 0 Å². The monoisotopic (exact) mass is 335 g/mol. The Balaban J connectivity index is 1.69. The van der Waals surface area contributed by atoms with Gasteiger partial charge in [0.05, 0.1) is 12.6 Å². The van der Waals surface area contributed by atoms with Crippen LogP contribution in [0.2, 0.25) is 5.02 Å². The van der Waals surface area contributed by atoms with Crippen molar-refractivity contribution in [3.05, 3.63) is 52.4 Å². The Morgan fingerprint density at radius 1 is 1.30 bits per heavy atom. The summed E-state index contributed by atoms with van der Waals surface area (Å²) in [6, 6.07) is 9.18. The number of hydrogen-bond donors (Lipinski definition) is 1.